The Balaban J connectivity index is 1.39. The Morgan fingerprint density at radius 3 is 2.45 bits per heavy atom. The van der Waals surface area contributed by atoms with Gasteiger partial charge in [0, 0.05) is 17.8 Å². The zero-order chi connectivity index (χ0) is 21.8. The number of benzene rings is 2. The van der Waals surface area contributed by atoms with Gasteiger partial charge in [-0.05, 0) is 55.5 Å². The van der Waals surface area contributed by atoms with Gasteiger partial charge in [0.15, 0.2) is 0 Å². The summed E-state index contributed by atoms with van der Waals surface area (Å²) in [4.78, 5) is 29.9. The third kappa shape index (κ3) is 4.97. The predicted octanol–water partition coefficient (Wildman–Crippen LogP) is 6.16. The number of aromatic nitrogens is 1. The van der Waals surface area contributed by atoms with E-state index in [1.165, 1.54) is 7.11 Å². The molecule has 5 nitrogen and oxygen atoms in total. The molecule has 1 heterocycles. The second-order valence-corrected chi connectivity index (χ2v) is 9.12. The SMILES string of the molecule is COC(=O)C1CCC(c2ncc(-c3ccc(NC(=O)c4ccccc4Cl)cc3)s2)CC1. The van der Waals surface area contributed by atoms with Crippen molar-refractivity contribution in [2.24, 2.45) is 5.92 Å². The minimum atomic E-state index is -0.235. The number of halogens is 1. The Morgan fingerprint density at radius 1 is 1.06 bits per heavy atom. The largest absolute Gasteiger partial charge is 0.469 e. The molecule has 1 amide bonds. The van der Waals surface area contributed by atoms with Crippen LogP contribution in [0.4, 0.5) is 5.69 Å². The van der Waals surface area contributed by atoms with Crippen molar-refractivity contribution >= 4 is 40.5 Å². The van der Waals surface area contributed by atoms with Gasteiger partial charge in [0.25, 0.3) is 5.91 Å². The van der Waals surface area contributed by atoms with Gasteiger partial charge in [-0.2, -0.15) is 0 Å². The second kappa shape index (κ2) is 9.62. The number of rotatable bonds is 5. The van der Waals surface area contributed by atoms with Crippen molar-refractivity contribution in [3.63, 3.8) is 0 Å². The first kappa shape index (κ1) is 21.5. The lowest BCUT2D eigenvalue weighted by molar-refractivity contribution is -0.146. The maximum Gasteiger partial charge on any atom is 0.308 e. The number of carbonyl (C=O) groups is 2. The minimum absolute atomic E-state index is 0.0224. The van der Waals surface area contributed by atoms with Gasteiger partial charge in [0.05, 0.1) is 33.5 Å². The van der Waals surface area contributed by atoms with Crippen molar-refractivity contribution in [3.8, 4) is 10.4 Å². The van der Waals surface area contributed by atoms with Crippen molar-refractivity contribution < 1.29 is 14.3 Å². The van der Waals surface area contributed by atoms with Crippen LogP contribution in [0.5, 0.6) is 0 Å². The summed E-state index contributed by atoms with van der Waals surface area (Å²) < 4.78 is 4.87. The van der Waals surface area contributed by atoms with E-state index in [0.717, 1.165) is 41.1 Å². The van der Waals surface area contributed by atoms with Crippen LogP contribution < -0.4 is 5.32 Å². The summed E-state index contributed by atoms with van der Waals surface area (Å²) in [5.74, 6) is 0.0871. The molecular formula is C24H23ClN2O3S. The Kier molecular flexibility index (Phi) is 6.68. The quantitative estimate of drug-likeness (QED) is 0.468. The highest BCUT2D eigenvalue weighted by Gasteiger charge is 2.29. The number of ether oxygens (including phenoxy) is 1. The second-order valence-electron chi connectivity index (χ2n) is 7.65. The van der Waals surface area contributed by atoms with Crippen molar-refractivity contribution in [1.82, 2.24) is 4.98 Å². The highest BCUT2D eigenvalue weighted by Crippen LogP contribution is 2.39. The van der Waals surface area contributed by atoms with E-state index in [2.05, 4.69) is 10.3 Å². The Labute approximate surface area is 190 Å². The van der Waals surface area contributed by atoms with Crippen molar-refractivity contribution in [1.29, 1.82) is 0 Å². The maximum atomic E-state index is 12.4. The fraction of sp³-hybridized carbons (Fsp3) is 0.292. The number of amides is 1. The fourth-order valence-electron chi connectivity index (χ4n) is 3.91. The monoisotopic (exact) mass is 454 g/mol. The topological polar surface area (TPSA) is 68.3 Å². The van der Waals surface area contributed by atoms with Crippen LogP contribution in [0.1, 0.15) is 47.0 Å². The van der Waals surface area contributed by atoms with Gasteiger partial charge < -0.3 is 10.1 Å². The number of hydrogen-bond donors (Lipinski definition) is 1. The first-order chi connectivity index (χ1) is 15.0. The maximum absolute atomic E-state index is 12.4. The first-order valence-corrected chi connectivity index (χ1v) is 11.4. The van der Waals surface area contributed by atoms with Crippen LogP contribution in [0.15, 0.2) is 54.7 Å². The van der Waals surface area contributed by atoms with E-state index in [9.17, 15) is 9.59 Å². The molecule has 4 rings (SSSR count). The van der Waals surface area contributed by atoms with Crippen LogP contribution in [-0.4, -0.2) is 24.0 Å². The molecule has 1 saturated carbocycles. The number of methoxy groups -OCH3 is 1. The molecule has 1 N–H and O–H groups in total. The molecule has 7 heteroatoms. The summed E-state index contributed by atoms with van der Waals surface area (Å²) in [6.07, 6.45) is 5.53. The number of hydrogen-bond acceptors (Lipinski definition) is 5. The summed E-state index contributed by atoms with van der Waals surface area (Å²) in [5.41, 5.74) is 2.21. The average molecular weight is 455 g/mol. The lowest BCUT2D eigenvalue weighted by atomic mass is 9.82. The fourth-order valence-corrected chi connectivity index (χ4v) is 5.23. The van der Waals surface area contributed by atoms with Crippen molar-refractivity contribution in [2.45, 2.75) is 31.6 Å². The van der Waals surface area contributed by atoms with E-state index in [-0.39, 0.29) is 17.8 Å². The molecule has 1 aromatic heterocycles. The third-order valence-electron chi connectivity index (χ3n) is 5.68. The molecule has 3 aromatic rings. The number of thiazole rings is 1. The van der Waals surface area contributed by atoms with E-state index in [0.29, 0.717) is 22.2 Å². The molecule has 0 saturated heterocycles. The van der Waals surface area contributed by atoms with Crippen molar-refractivity contribution in [2.75, 3.05) is 12.4 Å². The van der Waals surface area contributed by atoms with Gasteiger partial charge in [-0.1, -0.05) is 35.9 Å². The van der Waals surface area contributed by atoms with E-state index in [1.807, 2.05) is 30.5 Å². The summed E-state index contributed by atoms with van der Waals surface area (Å²) in [7, 11) is 1.45. The molecule has 0 bridgehead atoms. The van der Waals surface area contributed by atoms with Gasteiger partial charge in [-0.15, -0.1) is 11.3 Å². The normalized spacial score (nSPS) is 18.4. The molecule has 0 spiro atoms. The van der Waals surface area contributed by atoms with Crippen LogP contribution in [0.3, 0.4) is 0 Å². The van der Waals surface area contributed by atoms with Gasteiger partial charge in [-0.3, -0.25) is 9.59 Å². The zero-order valence-electron chi connectivity index (χ0n) is 17.1. The molecule has 0 radical (unpaired) electrons. The predicted molar refractivity (Wildman–Crippen MR) is 124 cm³/mol. The molecule has 0 atom stereocenters. The highest BCUT2D eigenvalue weighted by atomic mass is 35.5. The van der Waals surface area contributed by atoms with Gasteiger partial charge >= 0.3 is 5.97 Å². The zero-order valence-corrected chi connectivity index (χ0v) is 18.7. The number of esters is 1. The smallest absolute Gasteiger partial charge is 0.308 e. The molecule has 0 aliphatic heterocycles. The molecule has 1 aliphatic rings. The molecular weight excluding hydrogens is 432 g/mol. The van der Waals surface area contributed by atoms with Crippen LogP contribution in [0, 0.1) is 5.92 Å². The van der Waals surface area contributed by atoms with E-state index >= 15 is 0 Å². The first-order valence-electron chi connectivity index (χ1n) is 10.2. The Bertz CT molecular complexity index is 1070. The van der Waals surface area contributed by atoms with Crippen LogP contribution in [0.2, 0.25) is 5.02 Å². The highest BCUT2D eigenvalue weighted by molar-refractivity contribution is 7.15. The molecule has 1 fully saturated rings. The number of nitrogens with one attached hydrogen (secondary N) is 1. The number of nitrogens with zero attached hydrogens (tertiary/aromatic N) is 1. The van der Waals surface area contributed by atoms with E-state index < -0.39 is 0 Å². The van der Waals surface area contributed by atoms with Gasteiger partial charge in [0.1, 0.15) is 0 Å². The molecule has 31 heavy (non-hydrogen) atoms. The molecule has 2 aromatic carbocycles. The molecule has 0 unspecified atom stereocenters. The summed E-state index contributed by atoms with van der Waals surface area (Å²) in [6.45, 7) is 0. The molecule has 160 valence electrons. The molecule has 1 aliphatic carbocycles. The average Bonchev–Trinajstić information content (AvgIpc) is 3.30. The van der Waals surface area contributed by atoms with Gasteiger partial charge in [0.2, 0.25) is 0 Å². The van der Waals surface area contributed by atoms with Gasteiger partial charge in [-0.25, -0.2) is 4.98 Å². The summed E-state index contributed by atoms with van der Waals surface area (Å²) >= 11 is 7.79. The number of carbonyl (C=O) groups excluding carboxylic acids is 2. The summed E-state index contributed by atoms with van der Waals surface area (Å²) in [6, 6.07) is 14.7. The lowest BCUT2D eigenvalue weighted by Crippen LogP contribution is -2.22. The number of anilines is 1. The van der Waals surface area contributed by atoms with Crippen LogP contribution in [0.25, 0.3) is 10.4 Å². The lowest BCUT2D eigenvalue weighted by Gasteiger charge is -2.25. The van der Waals surface area contributed by atoms with Crippen LogP contribution >= 0.6 is 22.9 Å². The Hall–Kier alpha value is -2.70. The van der Waals surface area contributed by atoms with Crippen molar-refractivity contribution in [3.05, 3.63) is 70.3 Å². The minimum Gasteiger partial charge on any atom is -0.469 e. The standard InChI is InChI=1S/C24H23ClN2O3S/c1-30-24(29)17-8-6-16(7-9-17)23-26-14-21(31-23)15-10-12-18(13-11-15)27-22(28)19-4-2-3-5-20(19)25/h2-5,10-14,16-17H,6-9H2,1H3,(H,27,28). The third-order valence-corrected chi connectivity index (χ3v) is 7.22. The summed E-state index contributed by atoms with van der Waals surface area (Å²) in [5, 5.41) is 4.42. The van der Waals surface area contributed by atoms with E-state index in [4.69, 9.17) is 16.3 Å². The van der Waals surface area contributed by atoms with E-state index in [1.54, 1.807) is 35.6 Å². The van der Waals surface area contributed by atoms with Crippen LogP contribution in [-0.2, 0) is 9.53 Å². The Morgan fingerprint density at radius 2 is 1.77 bits per heavy atom.